The molecule has 0 aliphatic rings. The Morgan fingerprint density at radius 1 is 0.171 bits per heavy atom. The molecule has 0 aliphatic carbocycles. The molecule has 0 unspecified atom stereocenters. The Hall–Kier alpha value is 0.690. The number of halogens is 2. The first-order valence-electron chi connectivity index (χ1n) is 36.4. The summed E-state index contributed by atoms with van der Waals surface area (Å²) in [4.78, 5) is 1.96. The van der Waals surface area contributed by atoms with Crippen molar-refractivity contribution in [3.63, 3.8) is 0 Å². The maximum absolute atomic E-state index is 3.89. The maximum atomic E-state index is 3.89. The van der Waals surface area contributed by atoms with Crippen LogP contribution in [0.2, 0.25) is 0 Å². The third-order valence-corrected chi connectivity index (χ3v) is 17.3. The summed E-state index contributed by atoms with van der Waals surface area (Å²) in [5.74, 6) is 0. The highest BCUT2D eigenvalue weighted by Gasteiger charge is 2.09. The molecule has 0 aliphatic heterocycles. The van der Waals surface area contributed by atoms with Gasteiger partial charge in [0.2, 0.25) is 0 Å². The zero-order valence-electron chi connectivity index (χ0n) is 54.0. The Bertz CT molecular complexity index is 800. The summed E-state index contributed by atoms with van der Waals surface area (Å²) in [5, 5.41) is 0. The first kappa shape index (κ1) is 83.2. The number of rotatable bonds is 67. The normalized spacial score (nSPS) is 11.3. The van der Waals surface area contributed by atoms with Crippen LogP contribution in [-0.4, -0.2) is 26.2 Å². The Morgan fingerprint density at radius 3 is 0.395 bits per heavy atom. The Morgan fingerprint density at radius 2 is 0.276 bits per heavy atom. The molecule has 0 heterocycles. The van der Waals surface area contributed by atoms with Crippen LogP contribution in [0, 0.1) is 0 Å². The minimum absolute atomic E-state index is 0. The van der Waals surface area contributed by atoms with Crippen LogP contribution in [0.3, 0.4) is 0 Å². The van der Waals surface area contributed by atoms with Gasteiger partial charge in [0.1, 0.15) is 0 Å². The number of quaternary nitrogens is 2. The maximum Gasteiger partial charge on any atom is 0.0770 e. The van der Waals surface area contributed by atoms with E-state index < -0.39 is 0 Å². The molecular formula is C72H152BrClN2. The van der Waals surface area contributed by atoms with Crippen LogP contribution in [0.25, 0.3) is 0 Å². The monoisotopic (exact) mass is 1160 g/mol. The summed E-state index contributed by atoms with van der Waals surface area (Å²) >= 11 is 0. The number of hydrogen-bond donors (Lipinski definition) is 2. The lowest BCUT2D eigenvalue weighted by Crippen LogP contribution is -3.12. The van der Waals surface area contributed by atoms with E-state index in [1.165, 1.54) is 431 Å². The van der Waals surface area contributed by atoms with Crippen molar-refractivity contribution in [3.05, 3.63) is 0 Å². The molecule has 0 aromatic heterocycles. The lowest BCUT2D eigenvalue weighted by atomic mass is 10.0. The number of hydrogen-bond acceptors (Lipinski definition) is 0. The van der Waals surface area contributed by atoms with E-state index in [2.05, 4.69) is 33.4 Å². The Balaban J connectivity index is -0.00000104. The van der Waals surface area contributed by atoms with E-state index in [1.54, 1.807) is 0 Å². The lowest BCUT2D eigenvalue weighted by molar-refractivity contribution is -0.900. The summed E-state index contributed by atoms with van der Waals surface area (Å²) in [5.41, 5.74) is 3.89. The van der Waals surface area contributed by atoms with Crippen molar-refractivity contribution in [2.75, 3.05) is 26.2 Å². The summed E-state index contributed by atoms with van der Waals surface area (Å²) < 4.78 is 0. The SMILES string of the molecule is CCCCCCCCCCCCCCCCCC[NH+](CCCCCCCCCCCCCCCCCC)CCCCCCCCCCCCCCCCCC.CCCCCCCCCCCCCCCCCC[NH3+].[Br-].[Cl-]. The van der Waals surface area contributed by atoms with Crippen molar-refractivity contribution < 1.29 is 40.0 Å². The fourth-order valence-corrected chi connectivity index (χ4v) is 11.9. The predicted molar refractivity (Wildman–Crippen MR) is 342 cm³/mol. The van der Waals surface area contributed by atoms with E-state index in [0.717, 1.165) is 6.54 Å². The van der Waals surface area contributed by atoms with E-state index in [0.29, 0.717) is 0 Å². The molecule has 0 radical (unpaired) electrons. The molecule has 0 rings (SSSR count). The molecule has 464 valence electrons. The molecule has 2 nitrogen and oxygen atoms in total. The van der Waals surface area contributed by atoms with Crippen LogP contribution in [0.5, 0.6) is 0 Å². The van der Waals surface area contributed by atoms with Crippen molar-refractivity contribution >= 4 is 0 Å². The van der Waals surface area contributed by atoms with Gasteiger partial charge in [0, 0.05) is 0 Å². The van der Waals surface area contributed by atoms with Crippen LogP contribution in [0.1, 0.15) is 439 Å². The second-order valence-corrected chi connectivity index (χ2v) is 25.1. The van der Waals surface area contributed by atoms with Crippen LogP contribution in [0.15, 0.2) is 0 Å². The molecule has 0 aromatic rings. The van der Waals surface area contributed by atoms with Crippen molar-refractivity contribution in [3.8, 4) is 0 Å². The highest BCUT2D eigenvalue weighted by Crippen LogP contribution is 2.18. The van der Waals surface area contributed by atoms with Crippen molar-refractivity contribution in [2.24, 2.45) is 0 Å². The van der Waals surface area contributed by atoms with Crippen molar-refractivity contribution in [1.82, 2.24) is 0 Å². The van der Waals surface area contributed by atoms with Gasteiger partial charge in [0.05, 0.1) is 26.2 Å². The first-order valence-corrected chi connectivity index (χ1v) is 36.4. The van der Waals surface area contributed by atoms with Crippen LogP contribution in [0.4, 0.5) is 0 Å². The third-order valence-electron chi connectivity index (χ3n) is 17.3. The predicted octanol–water partition coefficient (Wildman–Crippen LogP) is 18.2. The summed E-state index contributed by atoms with van der Waals surface area (Å²) in [6.45, 7) is 14.7. The molecule has 0 bridgehead atoms. The molecule has 0 atom stereocenters. The minimum Gasteiger partial charge on any atom is -1.00 e. The molecule has 4 N–H and O–H groups in total. The van der Waals surface area contributed by atoms with Gasteiger partial charge in [-0.15, -0.1) is 0 Å². The van der Waals surface area contributed by atoms with Crippen LogP contribution in [-0.2, 0) is 0 Å². The molecule has 0 saturated carbocycles. The average molecular weight is 1160 g/mol. The van der Waals surface area contributed by atoms with E-state index in [1.807, 2.05) is 4.90 Å². The molecule has 4 heteroatoms. The Labute approximate surface area is 501 Å². The third kappa shape index (κ3) is 81.2. The van der Waals surface area contributed by atoms with Gasteiger partial charge < -0.3 is 40.0 Å². The first-order chi connectivity index (χ1) is 36.8. The van der Waals surface area contributed by atoms with E-state index >= 15 is 0 Å². The topological polar surface area (TPSA) is 32.1 Å². The summed E-state index contributed by atoms with van der Waals surface area (Å²) in [6.07, 6.45) is 94.1. The largest absolute Gasteiger partial charge is 1.00 e. The fraction of sp³-hybridized carbons (Fsp3) is 1.00. The number of unbranched alkanes of at least 4 members (excludes halogenated alkanes) is 60. The molecule has 0 aromatic carbocycles. The fourth-order valence-electron chi connectivity index (χ4n) is 11.9. The summed E-state index contributed by atoms with van der Waals surface area (Å²) in [7, 11) is 0. The van der Waals surface area contributed by atoms with Gasteiger partial charge in [-0.2, -0.15) is 0 Å². The van der Waals surface area contributed by atoms with Crippen molar-refractivity contribution in [2.45, 2.75) is 439 Å². The molecule has 0 fully saturated rings. The zero-order chi connectivity index (χ0) is 53.7. The van der Waals surface area contributed by atoms with Crippen LogP contribution >= 0.6 is 0 Å². The molecule has 76 heavy (non-hydrogen) atoms. The van der Waals surface area contributed by atoms with Gasteiger partial charge in [0.25, 0.3) is 0 Å². The van der Waals surface area contributed by atoms with Gasteiger partial charge in [-0.1, -0.05) is 387 Å². The molecule has 0 spiro atoms. The summed E-state index contributed by atoms with van der Waals surface area (Å²) in [6, 6.07) is 0. The smallest absolute Gasteiger partial charge is 0.0770 e. The minimum atomic E-state index is 0. The van der Waals surface area contributed by atoms with Gasteiger partial charge >= 0.3 is 0 Å². The standard InChI is InChI=1S/C54H111N.C18H39N.BrH.ClH/c1-4-7-10-13-16-19-22-25-28-31-34-37-40-43-46-49-52-55(53-50-47-44-41-38-35-32-29-26-23-20-17-14-11-8-5-2)54-51-48-45-42-39-36-33-30-27-24-21-18-15-12-9-6-3;1-2-3-4-5-6-7-8-9-10-11-12-13-14-15-16-17-18-19;;/h4-54H2,1-3H3;2-19H2,1H3;2*1H. The Kier molecular flexibility index (Phi) is 89.9. The molecule has 0 saturated heterocycles. The quantitative estimate of drug-likeness (QED) is 0.0569. The highest BCUT2D eigenvalue weighted by molar-refractivity contribution is 4.55. The van der Waals surface area contributed by atoms with E-state index in [4.69, 9.17) is 0 Å². The molecule has 0 amide bonds. The second kappa shape index (κ2) is 82.2. The van der Waals surface area contributed by atoms with Gasteiger partial charge in [-0.3, -0.25) is 0 Å². The second-order valence-electron chi connectivity index (χ2n) is 25.1. The van der Waals surface area contributed by atoms with Gasteiger partial charge in [-0.05, 0) is 51.4 Å². The lowest BCUT2D eigenvalue weighted by Gasteiger charge is -2.20. The highest BCUT2D eigenvalue weighted by atomic mass is 79.9. The van der Waals surface area contributed by atoms with E-state index in [9.17, 15) is 0 Å². The zero-order valence-corrected chi connectivity index (χ0v) is 56.4. The van der Waals surface area contributed by atoms with Crippen LogP contribution < -0.4 is 40.0 Å². The number of nitrogens with one attached hydrogen (secondary N) is 1. The molecular weight excluding hydrogens is 1010 g/mol. The van der Waals surface area contributed by atoms with Gasteiger partial charge in [0.15, 0.2) is 0 Å². The van der Waals surface area contributed by atoms with Gasteiger partial charge in [-0.25, -0.2) is 0 Å². The van der Waals surface area contributed by atoms with E-state index in [-0.39, 0.29) is 29.4 Å². The average Bonchev–Trinajstić information content (AvgIpc) is 3.41. The van der Waals surface area contributed by atoms with Crippen molar-refractivity contribution in [1.29, 1.82) is 0 Å².